The second kappa shape index (κ2) is 9.02. The largest absolute Gasteiger partial charge is 0.378 e. The number of H-pyrrole nitrogens is 1. The summed E-state index contributed by atoms with van der Waals surface area (Å²) in [6, 6.07) is 8.14. The molecule has 0 aliphatic carbocycles. The molecule has 0 bridgehead atoms. The van der Waals surface area contributed by atoms with E-state index in [1.54, 1.807) is 0 Å². The van der Waals surface area contributed by atoms with Crippen molar-refractivity contribution < 1.29 is 4.79 Å². The second-order valence-corrected chi connectivity index (χ2v) is 6.10. The highest BCUT2D eigenvalue weighted by atomic mass is 16.1. The van der Waals surface area contributed by atoms with Crippen molar-refractivity contribution in [2.75, 3.05) is 32.5 Å². The molecule has 1 aromatic heterocycles. The second-order valence-electron chi connectivity index (χ2n) is 6.10. The highest BCUT2D eigenvalue weighted by Crippen LogP contribution is 2.09. The Morgan fingerprint density at radius 3 is 2.71 bits per heavy atom. The van der Waals surface area contributed by atoms with Crippen LogP contribution in [0.25, 0.3) is 0 Å². The molecule has 0 fully saturated rings. The summed E-state index contributed by atoms with van der Waals surface area (Å²) >= 11 is 0. The number of aryl methyl sites for hydroxylation is 1. The Bertz CT molecular complexity index is 635. The SMILES string of the molecule is Cc1ccc(NCc2nc(CC(=O)NCCCN(C)C)n[nH]2)cc1. The summed E-state index contributed by atoms with van der Waals surface area (Å²) in [5.41, 5.74) is 2.25. The minimum Gasteiger partial charge on any atom is -0.378 e. The molecule has 130 valence electrons. The summed E-state index contributed by atoms with van der Waals surface area (Å²) in [4.78, 5) is 18.3. The van der Waals surface area contributed by atoms with Gasteiger partial charge in [-0.15, -0.1) is 0 Å². The molecule has 2 aromatic rings. The van der Waals surface area contributed by atoms with Crippen LogP contribution in [0.4, 0.5) is 5.69 Å². The molecule has 7 heteroatoms. The number of hydrogen-bond donors (Lipinski definition) is 3. The average Bonchev–Trinajstić information content (AvgIpc) is 2.98. The number of nitrogens with one attached hydrogen (secondary N) is 3. The van der Waals surface area contributed by atoms with Crippen LogP contribution in [0, 0.1) is 6.92 Å². The number of anilines is 1. The standard InChI is InChI=1S/C17H26N6O/c1-13-5-7-14(8-6-13)19-12-16-20-15(21-22-16)11-17(24)18-9-4-10-23(2)3/h5-8,19H,4,9-12H2,1-3H3,(H,18,24)(H,20,21,22). The number of amides is 1. The Labute approximate surface area is 142 Å². The van der Waals surface area contributed by atoms with Crippen molar-refractivity contribution in [3.63, 3.8) is 0 Å². The van der Waals surface area contributed by atoms with Crippen LogP contribution in [-0.2, 0) is 17.8 Å². The summed E-state index contributed by atoms with van der Waals surface area (Å²) in [6.45, 7) is 4.22. The molecule has 1 aromatic carbocycles. The first-order chi connectivity index (χ1) is 11.5. The first kappa shape index (κ1) is 17.9. The topological polar surface area (TPSA) is 85.9 Å². The van der Waals surface area contributed by atoms with Gasteiger partial charge in [0.1, 0.15) is 5.82 Å². The lowest BCUT2D eigenvalue weighted by molar-refractivity contribution is -0.120. The number of carbonyl (C=O) groups excluding carboxylic acids is 1. The first-order valence-corrected chi connectivity index (χ1v) is 8.15. The van der Waals surface area contributed by atoms with Crippen molar-refractivity contribution in [3.05, 3.63) is 41.5 Å². The van der Waals surface area contributed by atoms with Crippen LogP contribution in [0.3, 0.4) is 0 Å². The molecule has 0 saturated carbocycles. The third kappa shape index (κ3) is 6.37. The zero-order chi connectivity index (χ0) is 17.4. The molecular formula is C17H26N6O. The molecule has 2 rings (SSSR count). The van der Waals surface area contributed by atoms with Gasteiger partial charge in [-0.05, 0) is 46.1 Å². The van der Waals surface area contributed by atoms with Gasteiger partial charge in [-0.25, -0.2) is 4.98 Å². The summed E-state index contributed by atoms with van der Waals surface area (Å²) in [6.07, 6.45) is 1.13. The fourth-order valence-electron chi connectivity index (χ4n) is 2.18. The molecule has 0 spiro atoms. The molecule has 3 N–H and O–H groups in total. The van der Waals surface area contributed by atoms with Crippen LogP contribution in [0.15, 0.2) is 24.3 Å². The molecule has 0 atom stereocenters. The number of aromatic amines is 1. The Hall–Kier alpha value is -2.41. The molecule has 0 saturated heterocycles. The third-order valence-corrected chi connectivity index (χ3v) is 3.51. The average molecular weight is 330 g/mol. The van der Waals surface area contributed by atoms with Crippen LogP contribution >= 0.6 is 0 Å². The lowest BCUT2D eigenvalue weighted by Crippen LogP contribution is -2.28. The first-order valence-electron chi connectivity index (χ1n) is 8.15. The van der Waals surface area contributed by atoms with Crippen molar-refractivity contribution >= 4 is 11.6 Å². The van der Waals surface area contributed by atoms with Crippen LogP contribution in [0.2, 0.25) is 0 Å². The number of benzene rings is 1. The van der Waals surface area contributed by atoms with Crippen molar-refractivity contribution in [3.8, 4) is 0 Å². The third-order valence-electron chi connectivity index (χ3n) is 3.51. The van der Waals surface area contributed by atoms with Gasteiger partial charge in [-0.2, -0.15) is 5.10 Å². The molecule has 0 aliphatic heterocycles. The fraction of sp³-hybridized carbons (Fsp3) is 0.471. The van der Waals surface area contributed by atoms with Crippen LogP contribution in [0.1, 0.15) is 23.6 Å². The van der Waals surface area contributed by atoms with Gasteiger partial charge in [0.25, 0.3) is 0 Å². The van der Waals surface area contributed by atoms with E-state index < -0.39 is 0 Å². The maximum Gasteiger partial charge on any atom is 0.227 e. The normalized spacial score (nSPS) is 10.8. The van der Waals surface area contributed by atoms with E-state index in [0.717, 1.165) is 18.7 Å². The molecule has 1 amide bonds. The van der Waals surface area contributed by atoms with Gasteiger partial charge in [-0.3, -0.25) is 9.89 Å². The Morgan fingerprint density at radius 2 is 2.00 bits per heavy atom. The van der Waals surface area contributed by atoms with Crippen LogP contribution < -0.4 is 10.6 Å². The Morgan fingerprint density at radius 1 is 1.25 bits per heavy atom. The van der Waals surface area contributed by atoms with Gasteiger partial charge < -0.3 is 15.5 Å². The van der Waals surface area contributed by atoms with E-state index in [4.69, 9.17) is 0 Å². The van der Waals surface area contributed by atoms with Crippen molar-refractivity contribution in [2.45, 2.75) is 26.3 Å². The molecular weight excluding hydrogens is 304 g/mol. The van der Waals surface area contributed by atoms with Gasteiger partial charge in [-0.1, -0.05) is 17.7 Å². The molecule has 1 heterocycles. The number of rotatable bonds is 9. The lowest BCUT2D eigenvalue weighted by Gasteiger charge is -2.09. The smallest absolute Gasteiger partial charge is 0.227 e. The van der Waals surface area contributed by atoms with Gasteiger partial charge in [0.2, 0.25) is 5.91 Å². The van der Waals surface area contributed by atoms with Crippen LogP contribution in [0.5, 0.6) is 0 Å². The zero-order valence-electron chi connectivity index (χ0n) is 14.6. The molecule has 0 radical (unpaired) electrons. The van der Waals surface area contributed by atoms with Gasteiger partial charge in [0, 0.05) is 12.2 Å². The summed E-state index contributed by atoms with van der Waals surface area (Å²) in [7, 11) is 4.03. The van der Waals surface area contributed by atoms with Gasteiger partial charge in [0.15, 0.2) is 5.82 Å². The zero-order valence-corrected chi connectivity index (χ0v) is 14.6. The number of aromatic nitrogens is 3. The fourth-order valence-corrected chi connectivity index (χ4v) is 2.18. The summed E-state index contributed by atoms with van der Waals surface area (Å²) in [5.74, 6) is 1.18. The number of hydrogen-bond acceptors (Lipinski definition) is 5. The van der Waals surface area contributed by atoms with Crippen molar-refractivity contribution in [1.29, 1.82) is 0 Å². The minimum atomic E-state index is -0.0502. The van der Waals surface area contributed by atoms with Crippen molar-refractivity contribution in [1.82, 2.24) is 25.4 Å². The lowest BCUT2D eigenvalue weighted by atomic mass is 10.2. The van der Waals surface area contributed by atoms with Crippen LogP contribution in [-0.4, -0.2) is 53.2 Å². The van der Waals surface area contributed by atoms with E-state index >= 15 is 0 Å². The molecule has 0 aliphatic rings. The number of carbonyl (C=O) groups is 1. The number of nitrogens with zero attached hydrogens (tertiary/aromatic N) is 3. The predicted molar refractivity (Wildman–Crippen MR) is 94.8 cm³/mol. The summed E-state index contributed by atoms with van der Waals surface area (Å²) < 4.78 is 0. The highest BCUT2D eigenvalue weighted by molar-refractivity contribution is 5.77. The maximum absolute atomic E-state index is 11.8. The quantitative estimate of drug-likeness (QED) is 0.604. The van der Waals surface area contributed by atoms with Gasteiger partial charge >= 0.3 is 0 Å². The maximum atomic E-state index is 11.8. The van der Waals surface area contributed by atoms with Crippen molar-refractivity contribution in [2.24, 2.45) is 0 Å². The van der Waals surface area contributed by atoms with E-state index in [1.807, 2.05) is 26.2 Å². The molecule has 24 heavy (non-hydrogen) atoms. The Balaban J connectivity index is 1.72. The predicted octanol–water partition coefficient (Wildman–Crippen LogP) is 1.34. The van der Waals surface area contributed by atoms with E-state index in [1.165, 1.54) is 5.56 Å². The van der Waals surface area contributed by atoms with E-state index in [0.29, 0.717) is 24.7 Å². The minimum absolute atomic E-state index is 0.0502. The Kier molecular flexibility index (Phi) is 6.74. The summed E-state index contributed by atoms with van der Waals surface area (Å²) in [5, 5.41) is 13.1. The molecule has 7 nitrogen and oxygen atoms in total. The molecule has 0 unspecified atom stereocenters. The van der Waals surface area contributed by atoms with Gasteiger partial charge in [0.05, 0.1) is 13.0 Å². The monoisotopic (exact) mass is 330 g/mol. The van der Waals surface area contributed by atoms with E-state index in [9.17, 15) is 4.79 Å². The van der Waals surface area contributed by atoms with E-state index in [2.05, 4.69) is 49.8 Å². The van der Waals surface area contributed by atoms with E-state index in [-0.39, 0.29) is 12.3 Å². The highest BCUT2D eigenvalue weighted by Gasteiger charge is 2.08.